The predicted octanol–water partition coefficient (Wildman–Crippen LogP) is 0.614. The fourth-order valence-electron chi connectivity index (χ4n) is 1.32. The van der Waals surface area contributed by atoms with Crippen LogP contribution in [-0.4, -0.2) is 40.6 Å². The summed E-state index contributed by atoms with van der Waals surface area (Å²) in [6.45, 7) is 0.433. The lowest BCUT2D eigenvalue weighted by molar-refractivity contribution is -0.120. The predicted molar refractivity (Wildman–Crippen MR) is 65.7 cm³/mol. The van der Waals surface area contributed by atoms with Crippen molar-refractivity contribution in [3.63, 3.8) is 0 Å². The van der Waals surface area contributed by atoms with Crippen molar-refractivity contribution in [2.75, 3.05) is 19.0 Å². The summed E-state index contributed by atoms with van der Waals surface area (Å²) in [6, 6.07) is 0.518. The summed E-state index contributed by atoms with van der Waals surface area (Å²) >= 11 is 5.69. The highest BCUT2D eigenvalue weighted by Gasteiger charge is 2.22. The topological polar surface area (TPSA) is 89.0 Å². The zero-order chi connectivity index (χ0) is 13.0. The largest absolute Gasteiger partial charge is 0.467 e. The molecular weight excluding hydrogens is 258 g/mol. The number of carbonyl (C=O) groups is 1. The van der Waals surface area contributed by atoms with Crippen LogP contribution in [0.4, 0.5) is 5.95 Å². The first-order valence-electron chi connectivity index (χ1n) is 5.66. The SMILES string of the molecule is COc1nc(Cl)nc(NCCC(=O)NC2CC2)n1. The van der Waals surface area contributed by atoms with Crippen molar-refractivity contribution >= 4 is 23.5 Å². The maximum Gasteiger partial charge on any atom is 0.322 e. The quantitative estimate of drug-likeness (QED) is 0.788. The van der Waals surface area contributed by atoms with Crippen LogP contribution in [0.25, 0.3) is 0 Å². The fraction of sp³-hybridized carbons (Fsp3) is 0.600. The first-order chi connectivity index (χ1) is 8.67. The van der Waals surface area contributed by atoms with Gasteiger partial charge in [-0.1, -0.05) is 0 Å². The third kappa shape index (κ3) is 3.99. The molecule has 0 aliphatic heterocycles. The van der Waals surface area contributed by atoms with Gasteiger partial charge in [0.05, 0.1) is 7.11 Å². The van der Waals surface area contributed by atoms with E-state index >= 15 is 0 Å². The molecule has 0 spiro atoms. The Morgan fingerprint density at radius 1 is 1.44 bits per heavy atom. The van der Waals surface area contributed by atoms with Crippen LogP contribution < -0.4 is 15.4 Å². The van der Waals surface area contributed by atoms with Crippen LogP contribution >= 0.6 is 11.6 Å². The highest BCUT2D eigenvalue weighted by molar-refractivity contribution is 6.28. The number of nitrogens with zero attached hydrogens (tertiary/aromatic N) is 3. The number of halogens is 1. The van der Waals surface area contributed by atoms with E-state index in [4.69, 9.17) is 16.3 Å². The van der Waals surface area contributed by atoms with Gasteiger partial charge in [-0.15, -0.1) is 0 Å². The molecule has 1 aromatic heterocycles. The zero-order valence-electron chi connectivity index (χ0n) is 9.94. The van der Waals surface area contributed by atoms with Gasteiger partial charge < -0.3 is 15.4 Å². The summed E-state index contributed by atoms with van der Waals surface area (Å²) in [5.74, 6) is 0.322. The molecule has 1 heterocycles. The standard InChI is InChI=1S/C10H14ClN5O2/c1-18-10-15-8(11)14-9(16-10)12-5-4-7(17)13-6-2-3-6/h6H,2-5H2,1H3,(H,13,17)(H,12,14,15,16). The van der Waals surface area contributed by atoms with E-state index < -0.39 is 0 Å². The molecule has 7 nitrogen and oxygen atoms in total. The van der Waals surface area contributed by atoms with Crippen LogP contribution in [-0.2, 0) is 4.79 Å². The van der Waals surface area contributed by atoms with E-state index in [0.29, 0.717) is 25.0 Å². The van der Waals surface area contributed by atoms with E-state index in [1.165, 1.54) is 7.11 Å². The van der Waals surface area contributed by atoms with Gasteiger partial charge >= 0.3 is 6.01 Å². The Bertz CT molecular complexity index is 438. The highest BCUT2D eigenvalue weighted by atomic mass is 35.5. The number of carbonyl (C=O) groups excluding carboxylic acids is 1. The molecule has 0 atom stereocenters. The first-order valence-corrected chi connectivity index (χ1v) is 6.04. The van der Waals surface area contributed by atoms with Gasteiger partial charge in [-0.25, -0.2) is 0 Å². The van der Waals surface area contributed by atoms with Crippen molar-refractivity contribution in [2.24, 2.45) is 0 Å². The molecule has 0 radical (unpaired) electrons. The van der Waals surface area contributed by atoms with Gasteiger partial charge in [0, 0.05) is 19.0 Å². The molecule has 8 heteroatoms. The van der Waals surface area contributed by atoms with Gasteiger partial charge in [0.25, 0.3) is 0 Å². The average molecular weight is 272 g/mol. The molecular formula is C10H14ClN5O2. The molecule has 0 bridgehead atoms. The smallest absolute Gasteiger partial charge is 0.322 e. The Morgan fingerprint density at radius 2 is 2.22 bits per heavy atom. The third-order valence-electron chi connectivity index (χ3n) is 2.35. The summed E-state index contributed by atoms with van der Waals surface area (Å²) in [6.07, 6.45) is 2.53. The lowest BCUT2D eigenvalue weighted by Gasteiger charge is -2.06. The monoisotopic (exact) mass is 271 g/mol. The van der Waals surface area contributed by atoms with Crippen LogP contribution in [0.15, 0.2) is 0 Å². The number of nitrogens with one attached hydrogen (secondary N) is 2. The summed E-state index contributed by atoms with van der Waals surface area (Å²) < 4.78 is 4.86. The molecule has 1 amide bonds. The molecule has 1 fully saturated rings. The molecule has 0 saturated heterocycles. The molecule has 2 rings (SSSR count). The second-order valence-corrected chi connectivity index (χ2v) is 4.27. The van der Waals surface area contributed by atoms with Crippen molar-refractivity contribution in [3.05, 3.63) is 5.28 Å². The Kier molecular flexibility index (Phi) is 4.14. The van der Waals surface area contributed by atoms with Crippen molar-refractivity contribution < 1.29 is 9.53 Å². The Balaban J connectivity index is 1.78. The van der Waals surface area contributed by atoms with Gasteiger partial charge in [-0.3, -0.25) is 4.79 Å². The maximum atomic E-state index is 11.4. The Morgan fingerprint density at radius 3 is 2.89 bits per heavy atom. The number of rotatable bonds is 6. The molecule has 1 aliphatic carbocycles. The molecule has 2 N–H and O–H groups in total. The number of anilines is 1. The minimum Gasteiger partial charge on any atom is -0.467 e. The second kappa shape index (κ2) is 5.81. The number of hydrogen-bond donors (Lipinski definition) is 2. The summed E-state index contributed by atoms with van der Waals surface area (Å²) in [5, 5.41) is 5.84. The number of methoxy groups -OCH3 is 1. The van der Waals surface area contributed by atoms with E-state index in [1.54, 1.807) is 0 Å². The lowest BCUT2D eigenvalue weighted by atomic mass is 10.4. The van der Waals surface area contributed by atoms with Gasteiger partial charge in [0.2, 0.25) is 17.1 Å². The number of ether oxygens (including phenoxy) is 1. The van der Waals surface area contributed by atoms with Gasteiger partial charge in [-0.2, -0.15) is 15.0 Å². The second-order valence-electron chi connectivity index (χ2n) is 3.93. The van der Waals surface area contributed by atoms with E-state index in [-0.39, 0.29) is 17.2 Å². The fourth-order valence-corrected chi connectivity index (χ4v) is 1.47. The van der Waals surface area contributed by atoms with Crippen molar-refractivity contribution in [2.45, 2.75) is 25.3 Å². The van der Waals surface area contributed by atoms with Crippen LogP contribution in [0.3, 0.4) is 0 Å². The molecule has 18 heavy (non-hydrogen) atoms. The van der Waals surface area contributed by atoms with Gasteiger partial charge in [0.15, 0.2) is 0 Å². The van der Waals surface area contributed by atoms with Crippen molar-refractivity contribution in [1.82, 2.24) is 20.3 Å². The molecule has 1 aliphatic rings. The molecule has 0 unspecified atom stereocenters. The van der Waals surface area contributed by atoms with Gasteiger partial charge in [0.1, 0.15) is 0 Å². The average Bonchev–Trinajstić information content (AvgIpc) is 3.12. The molecule has 98 valence electrons. The normalized spacial score (nSPS) is 14.1. The van der Waals surface area contributed by atoms with E-state index in [9.17, 15) is 4.79 Å². The number of amides is 1. The molecule has 1 aromatic rings. The highest BCUT2D eigenvalue weighted by Crippen LogP contribution is 2.18. The van der Waals surface area contributed by atoms with E-state index in [1.807, 2.05) is 0 Å². The molecule has 1 saturated carbocycles. The third-order valence-corrected chi connectivity index (χ3v) is 2.52. The van der Waals surface area contributed by atoms with Crippen LogP contribution in [0.1, 0.15) is 19.3 Å². The first kappa shape index (κ1) is 12.8. The van der Waals surface area contributed by atoms with Gasteiger partial charge in [-0.05, 0) is 24.4 Å². The number of hydrogen-bond acceptors (Lipinski definition) is 6. The maximum absolute atomic E-state index is 11.4. The molecule has 0 aromatic carbocycles. The Hall–Kier alpha value is -1.63. The van der Waals surface area contributed by atoms with E-state index in [2.05, 4.69) is 25.6 Å². The number of aromatic nitrogens is 3. The Labute approximate surface area is 109 Å². The minimum absolute atomic E-state index is 0.0251. The van der Waals surface area contributed by atoms with Crippen molar-refractivity contribution in [3.8, 4) is 6.01 Å². The minimum atomic E-state index is 0.0251. The van der Waals surface area contributed by atoms with Crippen molar-refractivity contribution in [1.29, 1.82) is 0 Å². The van der Waals surface area contributed by atoms with Crippen LogP contribution in [0, 0.1) is 0 Å². The zero-order valence-corrected chi connectivity index (χ0v) is 10.7. The summed E-state index contributed by atoms with van der Waals surface area (Å²) in [4.78, 5) is 23.0. The summed E-state index contributed by atoms with van der Waals surface area (Å²) in [5.41, 5.74) is 0. The lowest BCUT2D eigenvalue weighted by Crippen LogP contribution is -2.27. The van der Waals surface area contributed by atoms with Crippen LogP contribution in [0.2, 0.25) is 5.28 Å². The van der Waals surface area contributed by atoms with Crippen LogP contribution in [0.5, 0.6) is 6.01 Å². The van der Waals surface area contributed by atoms with E-state index in [0.717, 1.165) is 12.8 Å². The summed E-state index contributed by atoms with van der Waals surface area (Å²) in [7, 11) is 1.44.